The van der Waals surface area contributed by atoms with Crippen molar-refractivity contribution in [1.29, 1.82) is 0 Å². The maximum atomic E-state index is 11.4. The average Bonchev–Trinajstić information content (AvgIpc) is 2.40. The molecule has 0 spiro atoms. The smallest absolute Gasteiger partial charge is 0.252 e. The topological polar surface area (TPSA) is 71.2 Å². The first kappa shape index (κ1) is 12.8. The van der Waals surface area contributed by atoms with E-state index < -0.39 is 5.91 Å². The minimum Gasteiger partial charge on any atom is -0.365 e. The summed E-state index contributed by atoms with van der Waals surface area (Å²) in [7, 11) is 1.98. The van der Waals surface area contributed by atoms with E-state index in [1.807, 2.05) is 7.05 Å². The standard InChI is InChI=1S/C13H20N4O/c1-15-9-10-4-7-17(8-5-10)13-11(12(14)18)3-2-6-16-13/h2-3,6,10,15H,4-5,7-9H2,1H3,(H2,14,18). The van der Waals surface area contributed by atoms with Crippen LogP contribution in [0.4, 0.5) is 5.82 Å². The Labute approximate surface area is 107 Å². The summed E-state index contributed by atoms with van der Waals surface area (Å²) < 4.78 is 0. The highest BCUT2D eigenvalue weighted by Gasteiger charge is 2.22. The molecule has 1 aromatic rings. The van der Waals surface area contributed by atoms with Crippen molar-refractivity contribution in [3.63, 3.8) is 0 Å². The zero-order valence-electron chi connectivity index (χ0n) is 10.7. The van der Waals surface area contributed by atoms with Gasteiger partial charge in [0.2, 0.25) is 0 Å². The number of rotatable bonds is 4. The molecule has 1 saturated heterocycles. The second-order valence-corrected chi connectivity index (χ2v) is 4.73. The molecule has 2 rings (SSSR count). The number of aromatic nitrogens is 1. The van der Waals surface area contributed by atoms with Gasteiger partial charge < -0.3 is 16.0 Å². The summed E-state index contributed by atoms with van der Waals surface area (Å²) in [6, 6.07) is 3.49. The third-order valence-electron chi connectivity index (χ3n) is 3.46. The van der Waals surface area contributed by atoms with Gasteiger partial charge in [-0.3, -0.25) is 4.79 Å². The molecule has 1 aliphatic heterocycles. The molecule has 1 amide bonds. The van der Waals surface area contributed by atoms with Gasteiger partial charge in [-0.15, -0.1) is 0 Å². The maximum Gasteiger partial charge on any atom is 0.252 e. The lowest BCUT2D eigenvalue weighted by atomic mass is 9.96. The van der Waals surface area contributed by atoms with Crippen LogP contribution >= 0.6 is 0 Å². The van der Waals surface area contributed by atoms with Crippen LogP contribution in [0.15, 0.2) is 18.3 Å². The molecule has 1 fully saturated rings. The summed E-state index contributed by atoms with van der Waals surface area (Å²) in [5.74, 6) is 1.04. The fourth-order valence-electron chi connectivity index (χ4n) is 2.48. The number of carbonyl (C=O) groups excluding carboxylic acids is 1. The molecular formula is C13H20N4O. The molecule has 0 unspecified atom stereocenters. The maximum absolute atomic E-state index is 11.4. The van der Waals surface area contributed by atoms with Gasteiger partial charge in [-0.25, -0.2) is 4.98 Å². The quantitative estimate of drug-likeness (QED) is 0.819. The van der Waals surface area contributed by atoms with Crippen molar-refractivity contribution in [3.05, 3.63) is 23.9 Å². The van der Waals surface area contributed by atoms with Gasteiger partial charge in [0.25, 0.3) is 5.91 Å². The van der Waals surface area contributed by atoms with Gasteiger partial charge in [-0.05, 0) is 44.5 Å². The highest BCUT2D eigenvalue weighted by atomic mass is 16.1. The van der Waals surface area contributed by atoms with E-state index >= 15 is 0 Å². The molecule has 0 bridgehead atoms. The average molecular weight is 248 g/mol. The number of anilines is 1. The number of pyridine rings is 1. The van der Waals surface area contributed by atoms with Gasteiger partial charge in [0.05, 0.1) is 5.56 Å². The van der Waals surface area contributed by atoms with E-state index in [-0.39, 0.29) is 0 Å². The van der Waals surface area contributed by atoms with Gasteiger partial charge in [-0.2, -0.15) is 0 Å². The first-order chi connectivity index (χ1) is 8.72. The summed E-state index contributed by atoms with van der Waals surface area (Å²) in [4.78, 5) is 17.8. The number of carbonyl (C=O) groups is 1. The Morgan fingerprint density at radius 2 is 2.28 bits per heavy atom. The minimum atomic E-state index is -0.407. The van der Waals surface area contributed by atoms with Gasteiger partial charge in [-0.1, -0.05) is 0 Å². The fraction of sp³-hybridized carbons (Fsp3) is 0.538. The lowest BCUT2D eigenvalue weighted by Gasteiger charge is -2.33. The Bertz CT molecular complexity index is 413. The van der Waals surface area contributed by atoms with E-state index in [9.17, 15) is 4.79 Å². The molecule has 5 heteroatoms. The Morgan fingerprint density at radius 1 is 1.56 bits per heavy atom. The highest BCUT2D eigenvalue weighted by molar-refractivity contribution is 5.97. The summed E-state index contributed by atoms with van der Waals surface area (Å²) in [5, 5.41) is 3.21. The second-order valence-electron chi connectivity index (χ2n) is 4.73. The summed E-state index contributed by atoms with van der Waals surface area (Å²) in [6.45, 7) is 2.92. The lowest BCUT2D eigenvalue weighted by molar-refractivity contribution is 0.100. The van der Waals surface area contributed by atoms with E-state index in [1.54, 1.807) is 18.3 Å². The van der Waals surface area contributed by atoms with Crippen LogP contribution in [0.25, 0.3) is 0 Å². The van der Waals surface area contributed by atoms with Crippen molar-refractivity contribution in [3.8, 4) is 0 Å². The molecule has 18 heavy (non-hydrogen) atoms. The second kappa shape index (κ2) is 5.82. The van der Waals surface area contributed by atoms with E-state index in [4.69, 9.17) is 5.73 Å². The predicted octanol–water partition coefficient (Wildman–Crippen LogP) is 0.616. The van der Waals surface area contributed by atoms with Crippen molar-refractivity contribution in [1.82, 2.24) is 10.3 Å². The zero-order chi connectivity index (χ0) is 13.0. The van der Waals surface area contributed by atoms with Crippen LogP contribution in [0.1, 0.15) is 23.2 Å². The number of piperidine rings is 1. The molecule has 5 nitrogen and oxygen atoms in total. The first-order valence-corrected chi connectivity index (χ1v) is 6.36. The normalized spacial score (nSPS) is 16.8. The number of hydrogen-bond donors (Lipinski definition) is 2. The van der Waals surface area contributed by atoms with Gasteiger partial charge in [0, 0.05) is 19.3 Å². The van der Waals surface area contributed by atoms with Crippen molar-refractivity contribution in [2.75, 3.05) is 31.6 Å². The van der Waals surface area contributed by atoms with Crippen molar-refractivity contribution >= 4 is 11.7 Å². The molecule has 0 aromatic carbocycles. The van der Waals surface area contributed by atoms with Gasteiger partial charge in [0.1, 0.15) is 5.82 Å². The number of nitrogens with two attached hydrogens (primary N) is 1. The SMILES string of the molecule is CNCC1CCN(c2ncccc2C(N)=O)CC1. The van der Waals surface area contributed by atoms with Crippen LogP contribution in [0.2, 0.25) is 0 Å². The van der Waals surface area contributed by atoms with E-state index in [2.05, 4.69) is 15.2 Å². The molecule has 0 atom stereocenters. The Morgan fingerprint density at radius 3 is 2.89 bits per heavy atom. The molecule has 2 heterocycles. The Hall–Kier alpha value is -1.62. The third-order valence-corrected chi connectivity index (χ3v) is 3.46. The van der Waals surface area contributed by atoms with E-state index in [1.165, 1.54) is 0 Å². The monoisotopic (exact) mass is 248 g/mol. The molecule has 3 N–H and O–H groups in total. The van der Waals surface area contributed by atoms with Crippen LogP contribution < -0.4 is 16.0 Å². The number of primary amides is 1. The molecule has 98 valence electrons. The molecule has 0 aliphatic carbocycles. The van der Waals surface area contributed by atoms with Crippen molar-refractivity contribution < 1.29 is 4.79 Å². The molecule has 0 radical (unpaired) electrons. The van der Waals surface area contributed by atoms with Crippen molar-refractivity contribution in [2.45, 2.75) is 12.8 Å². The number of nitrogens with one attached hydrogen (secondary N) is 1. The molecular weight excluding hydrogens is 228 g/mol. The van der Waals surface area contributed by atoms with E-state index in [0.29, 0.717) is 11.5 Å². The Balaban J connectivity index is 2.07. The first-order valence-electron chi connectivity index (χ1n) is 6.36. The van der Waals surface area contributed by atoms with Crippen LogP contribution in [-0.4, -0.2) is 37.6 Å². The number of nitrogens with zero attached hydrogens (tertiary/aromatic N) is 2. The third kappa shape index (κ3) is 2.79. The van der Waals surface area contributed by atoms with Gasteiger partial charge >= 0.3 is 0 Å². The largest absolute Gasteiger partial charge is 0.365 e. The van der Waals surface area contributed by atoms with E-state index in [0.717, 1.165) is 38.3 Å². The van der Waals surface area contributed by atoms with Gasteiger partial charge in [0.15, 0.2) is 0 Å². The molecule has 1 aromatic heterocycles. The fourth-order valence-corrected chi connectivity index (χ4v) is 2.48. The highest BCUT2D eigenvalue weighted by Crippen LogP contribution is 2.23. The molecule has 0 saturated carbocycles. The van der Waals surface area contributed by atoms with Crippen LogP contribution in [0.3, 0.4) is 0 Å². The minimum absolute atomic E-state index is 0.407. The summed E-state index contributed by atoms with van der Waals surface area (Å²) >= 11 is 0. The summed E-state index contributed by atoms with van der Waals surface area (Å²) in [5.41, 5.74) is 5.90. The predicted molar refractivity (Wildman–Crippen MR) is 71.6 cm³/mol. The van der Waals surface area contributed by atoms with Crippen LogP contribution in [0, 0.1) is 5.92 Å². The van der Waals surface area contributed by atoms with Crippen LogP contribution in [-0.2, 0) is 0 Å². The Kier molecular flexibility index (Phi) is 4.15. The number of amides is 1. The zero-order valence-corrected chi connectivity index (χ0v) is 10.7. The summed E-state index contributed by atoms with van der Waals surface area (Å²) in [6.07, 6.45) is 3.95. The van der Waals surface area contributed by atoms with Crippen molar-refractivity contribution in [2.24, 2.45) is 11.7 Å². The lowest BCUT2D eigenvalue weighted by Crippen LogP contribution is -2.38. The van der Waals surface area contributed by atoms with Crippen LogP contribution in [0.5, 0.6) is 0 Å². The number of hydrogen-bond acceptors (Lipinski definition) is 4. The molecule has 1 aliphatic rings.